The standard InChI is InChI=1S/C22H22F3N3O4S.C17H14F3N3O2S.C10H18O5/c1-14-5-7-15(8-6-14)18-13-19(22(23,24)25)26-28(18)16-9-11-17(12-10-16)33(30,31)27-20(29)32-21(2,3)4;1-11-2-4-12(5-3-11)15-10-16(17(18,19)20)22-23(15)13-6-8-14(9-7-13)26-25-24-21;1-9(2,3)14-7(11)13-8(12)15-10(4,5)6/h5-13H,1-4H3,(H,27,29);2-10H,21H2,1H3;1-6H3. The van der Waals surface area contributed by atoms with Crippen LogP contribution < -0.4 is 10.6 Å². The Morgan fingerprint density at radius 1 is 0.568 bits per heavy atom. The molecule has 0 atom stereocenters. The maximum Gasteiger partial charge on any atom is 0.519 e. The number of alkyl halides is 6. The van der Waals surface area contributed by atoms with Crippen LogP contribution in [0.15, 0.2) is 119 Å². The zero-order chi connectivity index (χ0) is 55.6. The minimum absolute atomic E-state index is 0.185. The Balaban J connectivity index is 0.000000258. The number of aromatic nitrogens is 4. The molecule has 2 heterocycles. The van der Waals surface area contributed by atoms with E-state index in [1.54, 1.807) is 128 Å². The number of aryl methyl sites for hydroxylation is 2. The lowest BCUT2D eigenvalue weighted by molar-refractivity contribution is -0.195. The summed E-state index contributed by atoms with van der Waals surface area (Å²) in [4.78, 5) is 38.3. The summed E-state index contributed by atoms with van der Waals surface area (Å²) in [6.45, 7) is 18.5. The number of hydrogen-bond acceptors (Lipinski definition) is 15. The molecule has 2 aromatic heterocycles. The van der Waals surface area contributed by atoms with Gasteiger partial charge in [-0.1, -0.05) is 59.7 Å². The molecule has 17 nitrogen and oxygen atoms in total. The summed E-state index contributed by atoms with van der Waals surface area (Å²) in [5.74, 6) is 4.77. The molecule has 0 bridgehead atoms. The zero-order valence-electron chi connectivity index (χ0n) is 41.8. The van der Waals surface area contributed by atoms with Crippen LogP contribution >= 0.6 is 12.0 Å². The number of ether oxygens (including phenoxy) is 4. The molecule has 0 saturated heterocycles. The highest BCUT2D eigenvalue weighted by atomic mass is 32.2. The fourth-order valence-electron chi connectivity index (χ4n) is 5.84. The highest BCUT2D eigenvalue weighted by Gasteiger charge is 2.37. The van der Waals surface area contributed by atoms with E-state index in [1.807, 2.05) is 26.0 Å². The van der Waals surface area contributed by atoms with E-state index in [0.717, 1.165) is 52.1 Å². The highest BCUT2D eigenvalue weighted by molar-refractivity contribution is 7.94. The number of rotatable bonds is 9. The van der Waals surface area contributed by atoms with E-state index in [0.29, 0.717) is 27.4 Å². The van der Waals surface area contributed by atoms with Crippen molar-refractivity contribution in [1.29, 1.82) is 0 Å². The van der Waals surface area contributed by atoms with Gasteiger partial charge < -0.3 is 18.9 Å². The second kappa shape index (κ2) is 24.0. The highest BCUT2D eigenvalue weighted by Crippen LogP contribution is 2.35. The van der Waals surface area contributed by atoms with Gasteiger partial charge in [-0.05, 0) is 137 Å². The van der Waals surface area contributed by atoms with Gasteiger partial charge in [0.15, 0.2) is 11.4 Å². The van der Waals surface area contributed by atoms with Crippen molar-refractivity contribution in [1.82, 2.24) is 24.3 Å². The van der Waals surface area contributed by atoms with Gasteiger partial charge in [0.05, 0.1) is 39.7 Å². The van der Waals surface area contributed by atoms with Crippen LogP contribution in [0.4, 0.5) is 40.7 Å². The topological polar surface area (TPSA) is 214 Å². The van der Waals surface area contributed by atoms with Crippen molar-refractivity contribution in [3.8, 4) is 33.9 Å². The zero-order valence-corrected chi connectivity index (χ0v) is 43.5. The molecule has 3 N–H and O–H groups in total. The molecule has 0 aliphatic heterocycles. The van der Waals surface area contributed by atoms with Crippen LogP contribution in [0.25, 0.3) is 33.9 Å². The summed E-state index contributed by atoms with van der Waals surface area (Å²) < 4.78 is 132. The van der Waals surface area contributed by atoms with Gasteiger partial charge in [-0.2, -0.15) is 42.4 Å². The summed E-state index contributed by atoms with van der Waals surface area (Å²) in [5.41, 5.74) is -0.0103. The molecule has 0 aliphatic rings. The average Bonchev–Trinajstić information content (AvgIpc) is 3.92. The maximum absolute atomic E-state index is 13.3. The second-order valence-electron chi connectivity index (χ2n) is 18.8. The van der Waals surface area contributed by atoms with Crippen molar-refractivity contribution >= 4 is 40.5 Å². The van der Waals surface area contributed by atoms with Crippen LogP contribution in [-0.4, -0.2) is 63.2 Å². The number of sulfonamides is 1. The Labute approximate surface area is 427 Å². The largest absolute Gasteiger partial charge is 0.519 e. The Bertz CT molecular complexity index is 2940. The Kier molecular flexibility index (Phi) is 19.3. The first kappa shape index (κ1) is 59.6. The lowest BCUT2D eigenvalue weighted by Gasteiger charge is -2.20. The number of nitrogens with zero attached hydrogens (tertiary/aromatic N) is 4. The smallest absolute Gasteiger partial charge is 0.443 e. The fourth-order valence-corrected chi connectivity index (χ4v) is 7.08. The fraction of sp³-hybridized carbons (Fsp3) is 0.327. The van der Waals surface area contributed by atoms with Crippen molar-refractivity contribution in [3.63, 3.8) is 0 Å². The number of carbonyl (C=O) groups excluding carboxylic acids is 3. The van der Waals surface area contributed by atoms with E-state index in [9.17, 15) is 49.1 Å². The van der Waals surface area contributed by atoms with Gasteiger partial charge in [0, 0.05) is 16.0 Å². The van der Waals surface area contributed by atoms with Gasteiger partial charge in [-0.15, -0.1) is 9.32 Å². The number of carbonyl (C=O) groups is 3. The summed E-state index contributed by atoms with van der Waals surface area (Å²) >= 11 is 0.879. The van der Waals surface area contributed by atoms with E-state index < -0.39 is 69.0 Å². The van der Waals surface area contributed by atoms with Crippen LogP contribution in [-0.2, 0) is 50.6 Å². The van der Waals surface area contributed by atoms with Crippen LogP contribution in [0.1, 0.15) is 84.8 Å². The molecule has 0 saturated carbocycles. The molecule has 1 amide bonds. The second-order valence-corrected chi connectivity index (χ2v) is 21.2. The van der Waals surface area contributed by atoms with E-state index in [1.165, 1.54) is 16.8 Å². The third-order valence-corrected chi connectivity index (χ3v) is 10.8. The number of nitrogens with two attached hydrogens (primary N) is 1. The Hall–Kier alpha value is -6.93. The molecule has 74 heavy (non-hydrogen) atoms. The van der Waals surface area contributed by atoms with E-state index in [4.69, 9.17) is 20.1 Å². The van der Waals surface area contributed by atoms with Crippen LogP contribution in [0, 0.1) is 13.8 Å². The maximum atomic E-state index is 13.3. The Morgan fingerprint density at radius 2 is 0.932 bits per heavy atom. The minimum Gasteiger partial charge on any atom is -0.443 e. The van der Waals surface area contributed by atoms with E-state index >= 15 is 0 Å². The Morgan fingerprint density at radius 3 is 1.27 bits per heavy atom. The third-order valence-electron chi connectivity index (χ3n) is 8.90. The van der Waals surface area contributed by atoms with E-state index in [-0.39, 0.29) is 16.3 Å². The molecule has 0 fully saturated rings. The van der Waals surface area contributed by atoms with Crippen molar-refractivity contribution in [2.45, 2.75) is 115 Å². The summed E-state index contributed by atoms with van der Waals surface area (Å²) in [5, 5.41) is 7.43. The number of nitrogens with one attached hydrogen (secondary N) is 1. The van der Waals surface area contributed by atoms with Gasteiger partial charge in [0.25, 0.3) is 10.0 Å². The lowest BCUT2D eigenvalue weighted by Crippen LogP contribution is -2.36. The molecule has 25 heteroatoms. The monoisotopic (exact) mass is 1080 g/mol. The van der Waals surface area contributed by atoms with Gasteiger partial charge in [0.1, 0.15) is 16.8 Å². The van der Waals surface area contributed by atoms with E-state index in [2.05, 4.69) is 24.3 Å². The molecule has 0 radical (unpaired) electrons. The van der Waals surface area contributed by atoms with Gasteiger partial charge >= 0.3 is 30.8 Å². The predicted molar refractivity (Wildman–Crippen MR) is 260 cm³/mol. The van der Waals surface area contributed by atoms with Crippen molar-refractivity contribution in [2.75, 3.05) is 0 Å². The van der Waals surface area contributed by atoms with Crippen molar-refractivity contribution < 1.29 is 77.4 Å². The minimum atomic E-state index is -4.66. The van der Waals surface area contributed by atoms with Crippen molar-refractivity contribution in [2.24, 2.45) is 5.90 Å². The summed E-state index contributed by atoms with van der Waals surface area (Å²) in [6.07, 6.45) is -12.5. The quantitative estimate of drug-likeness (QED) is 0.0262. The molecule has 6 aromatic rings. The number of benzene rings is 4. The van der Waals surface area contributed by atoms with Gasteiger partial charge in [0.2, 0.25) is 0 Å². The number of amides is 1. The first-order valence-electron chi connectivity index (χ1n) is 21.8. The van der Waals surface area contributed by atoms with Crippen LogP contribution in [0.5, 0.6) is 0 Å². The van der Waals surface area contributed by atoms with Crippen LogP contribution in [0.2, 0.25) is 0 Å². The molecule has 0 spiro atoms. The SMILES string of the molecule is CC(C)(C)OC(=O)OC(=O)OC(C)(C)C.Cc1ccc(-c2cc(C(F)(F)F)nn2-c2ccc(S(=O)(=O)NC(=O)OC(C)(C)C)cc2)cc1.Cc1ccc(-c2cc(C(F)(F)F)nn2-c2ccc(SOON)cc2)cc1. The predicted octanol–water partition coefficient (Wildman–Crippen LogP) is 12.6. The van der Waals surface area contributed by atoms with Crippen molar-refractivity contribution in [3.05, 3.63) is 132 Å². The first-order chi connectivity index (χ1) is 34.0. The molecular formula is C49H54F6N6O11S2. The number of halogens is 6. The summed E-state index contributed by atoms with van der Waals surface area (Å²) in [7, 11) is -4.25. The average molecular weight is 1080 g/mol. The normalized spacial score (nSPS) is 12.1. The van der Waals surface area contributed by atoms with Crippen LogP contribution in [0.3, 0.4) is 0 Å². The first-order valence-corrected chi connectivity index (χ1v) is 24.1. The lowest BCUT2D eigenvalue weighted by atomic mass is 10.1. The van der Waals surface area contributed by atoms with Gasteiger partial charge in [-0.25, -0.2) is 36.9 Å². The summed E-state index contributed by atoms with van der Waals surface area (Å²) in [6, 6.07) is 27.6. The third kappa shape index (κ3) is 18.8. The molecular weight excluding hydrogens is 1030 g/mol. The molecule has 0 aliphatic carbocycles. The number of hydrogen-bond donors (Lipinski definition) is 2. The molecule has 4 aromatic carbocycles. The molecule has 6 rings (SSSR count). The molecule has 400 valence electrons. The molecule has 0 unspecified atom stereocenters. The van der Waals surface area contributed by atoms with Gasteiger partial charge in [-0.3, -0.25) is 0 Å².